The van der Waals surface area contributed by atoms with Gasteiger partial charge in [-0.05, 0) is 42.0 Å². The molecule has 1 aromatic carbocycles. The third-order valence-electron chi connectivity index (χ3n) is 3.86. The highest BCUT2D eigenvalue weighted by molar-refractivity contribution is 14.0. The van der Waals surface area contributed by atoms with Crippen molar-refractivity contribution in [2.75, 3.05) is 20.1 Å². The maximum atomic E-state index is 5.79. The average Bonchev–Trinajstić information content (AvgIpc) is 2.62. The van der Waals surface area contributed by atoms with Crippen LogP contribution in [0.4, 0.5) is 0 Å². The lowest BCUT2D eigenvalue weighted by molar-refractivity contribution is 0.783. The van der Waals surface area contributed by atoms with E-state index in [1.165, 1.54) is 11.1 Å². The van der Waals surface area contributed by atoms with Gasteiger partial charge in [0.25, 0.3) is 0 Å². The van der Waals surface area contributed by atoms with Crippen molar-refractivity contribution in [1.29, 1.82) is 0 Å². The normalized spacial score (nSPS) is 10.9. The summed E-state index contributed by atoms with van der Waals surface area (Å²) in [7, 11) is 1.79. The Labute approximate surface area is 172 Å². The van der Waals surface area contributed by atoms with Gasteiger partial charge >= 0.3 is 0 Å². The number of aromatic nitrogens is 1. The summed E-state index contributed by atoms with van der Waals surface area (Å²) in [6, 6.07) is 12.6. The van der Waals surface area contributed by atoms with Crippen molar-refractivity contribution in [2.24, 2.45) is 4.99 Å². The molecule has 25 heavy (non-hydrogen) atoms. The van der Waals surface area contributed by atoms with Crippen LogP contribution in [0.2, 0.25) is 5.15 Å². The summed E-state index contributed by atoms with van der Waals surface area (Å²) in [5, 5.41) is 7.18. The van der Waals surface area contributed by atoms with Crippen molar-refractivity contribution in [1.82, 2.24) is 15.6 Å². The maximum Gasteiger partial charge on any atom is 0.190 e. The van der Waals surface area contributed by atoms with E-state index in [0.717, 1.165) is 43.9 Å². The number of hydrogen-bond acceptors (Lipinski definition) is 2. The van der Waals surface area contributed by atoms with Crippen LogP contribution in [0.15, 0.2) is 47.6 Å². The predicted octanol–water partition coefficient (Wildman–Crippen LogP) is 3.87. The lowest BCUT2D eigenvalue weighted by atomic mass is 10.1. The molecular weight excluding hydrogens is 447 g/mol. The van der Waals surface area contributed by atoms with Gasteiger partial charge in [0.2, 0.25) is 0 Å². The second-order valence-electron chi connectivity index (χ2n) is 5.58. The molecule has 0 spiro atoms. The first-order chi connectivity index (χ1) is 11.7. The molecule has 2 N–H and O–H groups in total. The molecule has 0 saturated heterocycles. The fraction of sp³-hybridized carbons (Fsp3) is 0.368. The number of halogens is 2. The summed E-state index contributed by atoms with van der Waals surface area (Å²) >= 11 is 5.79. The molecule has 0 aliphatic carbocycles. The van der Waals surface area contributed by atoms with Gasteiger partial charge in [0.15, 0.2) is 5.96 Å². The third kappa shape index (κ3) is 8.05. The number of benzene rings is 1. The molecule has 0 radical (unpaired) electrons. The molecule has 0 aliphatic heterocycles. The number of rotatable bonds is 7. The predicted molar refractivity (Wildman–Crippen MR) is 117 cm³/mol. The first kappa shape index (κ1) is 21.7. The Hall–Kier alpha value is -1.34. The first-order valence-corrected chi connectivity index (χ1v) is 8.72. The Kier molecular flexibility index (Phi) is 10.5. The molecule has 0 aliphatic rings. The maximum absolute atomic E-state index is 5.79. The van der Waals surface area contributed by atoms with E-state index in [1.54, 1.807) is 13.2 Å². The second-order valence-corrected chi connectivity index (χ2v) is 5.97. The molecule has 1 aromatic heterocycles. The molecule has 0 saturated carbocycles. The standard InChI is InChI=1S/C19H25ClN4.HI/c1-3-15-4-6-16(7-5-15)10-12-22-19(21-2)23-13-11-17-8-9-18(20)24-14-17;/h4-9,14H,3,10-13H2,1-2H3,(H2,21,22,23);1H. The topological polar surface area (TPSA) is 49.3 Å². The fourth-order valence-electron chi connectivity index (χ4n) is 2.37. The van der Waals surface area contributed by atoms with Crippen LogP contribution in [0, 0.1) is 0 Å². The van der Waals surface area contributed by atoms with E-state index < -0.39 is 0 Å². The van der Waals surface area contributed by atoms with E-state index in [9.17, 15) is 0 Å². The highest BCUT2D eigenvalue weighted by atomic mass is 127. The van der Waals surface area contributed by atoms with E-state index in [-0.39, 0.29) is 24.0 Å². The molecule has 0 fully saturated rings. The van der Waals surface area contributed by atoms with Gasteiger partial charge < -0.3 is 10.6 Å². The zero-order chi connectivity index (χ0) is 17.2. The van der Waals surface area contributed by atoms with E-state index >= 15 is 0 Å². The smallest absolute Gasteiger partial charge is 0.190 e. The average molecular weight is 473 g/mol. The van der Waals surface area contributed by atoms with Crippen LogP contribution in [0.3, 0.4) is 0 Å². The minimum atomic E-state index is 0. The lowest BCUT2D eigenvalue weighted by Crippen LogP contribution is -2.39. The number of aliphatic imine (C=N–C) groups is 1. The van der Waals surface area contributed by atoms with E-state index in [1.807, 2.05) is 12.1 Å². The Bertz CT molecular complexity index is 641. The summed E-state index contributed by atoms with van der Waals surface area (Å²) in [6.07, 6.45) is 4.74. The lowest BCUT2D eigenvalue weighted by Gasteiger charge is -2.12. The number of aryl methyl sites for hydroxylation is 1. The molecule has 136 valence electrons. The van der Waals surface area contributed by atoms with Crippen LogP contribution in [0.1, 0.15) is 23.6 Å². The van der Waals surface area contributed by atoms with Gasteiger partial charge in [-0.1, -0.05) is 48.9 Å². The van der Waals surface area contributed by atoms with Crippen molar-refractivity contribution in [3.63, 3.8) is 0 Å². The van der Waals surface area contributed by atoms with E-state index in [0.29, 0.717) is 5.15 Å². The monoisotopic (exact) mass is 472 g/mol. The van der Waals surface area contributed by atoms with Gasteiger partial charge in [-0.25, -0.2) is 4.98 Å². The number of nitrogens with one attached hydrogen (secondary N) is 2. The molecule has 0 bridgehead atoms. The van der Waals surface area contributed by atoms with Gasteiger partial charge in [-0.3, -0.25) is 4.99 Å². The van der Waals surface area contributed by atoms with Crippen LogP contribution < -0.4 is 10.6 Å². The largest absolute Gasteiger partial charge is 0.356 e. The Morgan fingerprint density at radius 1 is 0.960 bits per heavy atom. The summed E-state index contributed by atoms with van der Waals surface area (Å²) in [5.74, 6) is 0.821. The number of guanidine groups is 1. The summed E-state index contributed by atoms with van der Waals surface area (Å²) < 4.78 is 0. The molecule has 4 nitrogen and oxygen atoms in total. The molecule has 2 rings (SSSR count). The minimum Gasteiger partial charge on any atom is -0.356 e. The van der Waals surface area contributed by atoms with Crippen molar-refractivity contribution in [3.05, 3.63) is 64.4 Å². The molecule has 1 heterocycles. The zero-order valence-corrected chi connectivity index (χ0v) is 17.8. The molecule has 0 unspecified atom stereocenters. The van der Waals surface area contributed by atoms with Crippen molar-refractivity contribution in [2.45, 2.75) is 26.2 Å². The highest BCUT2D eigenvalue weighted by Crippen LogP contribution is 2.06. The number of nitrogens with zero attached hydrogens (tertiary/aromatic N) is 2. The molecule has 2 aromatic rings. The molecule has 0 atom stereocenters. The summed E-state index contributed by atoms with van der Waals surface area (Å²) in [6.45, 7) is 3.83. The van der Waals surface area contributed by atoms with Gasteiger partial charge in [-0.2, -0.15) is 0 Å². The van der Waals surface area contributed by atoms with Crippen LogP contribution in [-0.2, 0) is 19.3 Å². The van der Waals surface area contributed by atoms with Gasteiger partial charge in [0.05, 0.1) is 0 Å². The van der Waals surface area contributed by atoms with E-state index in [4.69, 9.17) is 11.6 Å². The van der Waals surface area contributed by atoms with Crippen LogP contribution >= 0.6 is 35.6 Å². The van der Waals surface area contributed by atoms with Crippen molar-refractivity contribution in [3.8, 4) is 0 Å². The number of pyridine rings is 1. The molecule has 6 heteroatoms. The zero-order valence-electron chi connectivity index (χ0n) is 14.8. The van der Waals surface area contributed by atoms with Crippen LogP contribution in [0.25, 0.3) is 0 Å². The van der Waals surface area contributed by atoms with Crippen molar-refractivity contribution < 1.29 is 0 Å². The van der Waals surface area contributed by atoms with Crippen LogP contribution in [-0.4, -0.2) is 31.1 Å². The quantitative estimate of drug-likeness (QED) is 0.278. The Balaban J connectivity index is 0.00000312. The van der Waals surface area contributed by atoms with Crippen LogP contribution in [0.5, 0.6) is 0 Å². The van der Waals surface area contributed by atoms with Gasteiger partial charge in [0, 0.05) is 26.3 Å². The number of hydrogen-bond donors (Lipinski definition) is 2. The van der Waals surface area contributed by atoms with Gasteiger partial charge in [-0.15, -0.1) is 24.0 Å². The first-order valence-electron chi connectivity index (χ1n) is 8.34. The Morgan fingerprint density at radius 3 is 2.04 bits per heavy atom. The Morgan fingerprint density at radius 2 is 1.52 bits per heavy atom. The minimum absolute atomic E-state index is 0. The second kappa shape index (κ2) is 12.1. The highest BCUT2D eigenvalue weighted by Gasteiger charge is 1.99. The molecule has 0 amide bonds. The third-order valence-corrected chi connectivity index (χ3v) is 4.08. The summed E-state index contributed by atoms with van der Waals surface area (Å²) in [4.78, 5) is 8.33. The molecular formula is C19H26ClIN4. The van der Waals surface area contributed by atoms with Gasteiger partial charge in [0.1, 0.15) is 5.15 Å². The SMILES string of the molecule is CCc1ccc(CCNC(=NC)NCCc2ccc(Cl)nc2)cc1.I. The summed E-state index contributed by atoms with van der Waals surface area (Å²) in [5.41, 5.74) is 3.86. The fourth-order valence-corrected chi connectivity index (χ4v) is 2.48. The van der Waals surface area contributed by atoms with E-state index in [2.05, 4.69) is 51.8 Å². The van der Waals surface area contributed by atoms with Crippen molar-refractivity contribution >= 4 is 41.5 Å².